The van der Waals surface area contributed by atoms with E-state index in [9.17, 15) is 19.2 Å². The number of hydrogen-bond acceptors (Lipinski definition) is 8. The van der Waals surface area contributed by atoms with Gasteiger partial charge in [0, 0.05) is 6.42 Å². The van der Waals surface area contributed by atoms with Gasteiger partial charge >= 0.3 is 11.9 Å². The van der Waals surface area contributed by atoms with E-state index in [1.165, 1.54) is 12.7 Å². The highest BCUT2D eigenvalue weighted by Crippen LogP contribution is 2.30. The molecule has 0 aliphatic carbocycles. The Bertz CT molecular complexity index is 1010. The first-order valence-electron chi connectivity index (χ1n) is 9.99. The third kappa shape index (κ3) is 5.45. The summed E-state index contributed by atoms with van der Waals surface area (Å²) in [5, 5.41) is 11.5. The van der Waals surface area contributed by atoms with Crippen LogP contribution in [0.15, 0.2) is 17.4 Å². The maximum Gasteiger partial charge on any atom is 0.326 e. The van der Waals surface area contributed by atoms with Crippen LogP contribution in [0.25, 0.3) is 11.2 Å². The predicted octanol–water partition coefficient (Wildman–Crippen LogP) is 0.346. The van der Waals surface area contributed by atoms with Crippen LogP contribution in [0.1, 0.15) is 45.8 Å². The Hall–Kier alpha value is -3.28. The molecule has 2 aromatic rings. The number of hydrogen-bond donors (Lipinski definition) is 3. The molecule has 0 bridgehead atoms. The van der Waals surface area contributed by atoms with Gasteiger partial charge in [-0.2, -0.15) is 0 Å². The van der Waals surface area contributed by atoms with Crippen molar-refractivity contribution >= 4 is 29.0 Å². The van der Waals surface area contributed by atoms with Crippen LogP contribution in [-0.4, -0.2) is 61.2 Å². The number of H-pyrrole nitrogens is 1. The van der Waals surface area contributed by atoms with Crippen molar-refractivity contribution in [1.29, 1.82) is 0 Å². The highest BCUT2D eigenvalue weighted by molar-refractivity contribution is 5.85. The van der Waals surface area contributed by atoms with Crippen LogP contribution >= 0.6 is 0 Å². The minimum absolute atomic E-state index is 0.0291. The molecule has 168 valence electrons. The molecule has 1 saturated heterocycles. The molecule has 1 aliphatic heterocycles. The van der Waals surface area contributed by atoms with Gasteiger partial charge in [0.15, 0.2) is 11.2 Å². The maximum atomic E-state index is 11.9. The molecule has 1 fully saturated rings. The number of nitrogens with zero attached hydrogens (tertiary/aromatic N) is 3. The van der Waals surface area contributed by atoms with Gasteiger partial charge in [-0.25, -0.2) is 14.8 Å². The first kappa shape index (κ1) is 22.4. The van der Waals surface area contributed by atoms with Crippen LogP contribution in [0.5, 0.6) is 0 Å². The van der Waals surface area contributed by atoms with Crippen LogP contribution in [-0.2, 0) is 23.9 Å². The number of ether oxygens (including phenoxy) is 2. The second-order valence-corrected chi connectivity index (χ2v) is 7.66. The van der Waals surface area contributed by atoms with Gasteiger partial charge in [-0.3, -0.25) is 19.0 Å². The number of imidazole rings is 1. The number of aromatic amines is 1. The Morgan fingerprint density at radius 2 is 2.10 bits per heavy atom. The molecule has 12 nitrogen and oxygen atoms in total. The molecule has 3 heterocycles. The first-order chi connectivity index (χ1) is 14.8. The highest BCUT2D eigenvalue weighted by atomic mass is 16.6. The van der Waals surface area contributed by atoms with E-state index in [0.29, 0.717) is 18.5 Å². The largest absolute Gasteiger partial charge is 0.480 e. The van der Waals surface area contributed by atoms with Crippen molar-refractivity contribution in [2.75, 3.05) is 6.61 Å². The molecule has 3 N–H and O–H groups in total. The lowest BCUT2D eigenvalue weighted by atomic mass is 10.0. The zero-order valence-corrected chi connectivity index (χ0v) is 17.2. The predicted molar refractivity (Wildman–Crippen MR) is 106 cm³/mol. The number of amides is 1. The van der Waals surface area contributed by atoms with E-state index in [0.717, 1.165) is 0 Å². The highest BCUT2D eigenvalue weighted by Gasteiger charge is 2.29. The van der Waals surface area contributed by atoms with Crippen LogP contribution in [0.3, 0.4) is 0 Å². The fraction of sp³-hybridized carbons (Fsp3) is 0.579. The quantitative estimate of drug-likeness (QED) is 0.471. The molecule has 1 amide bonds. The van der Waals surface area contributed by atoms with E-state index < -0.39 is 23.9 Å². The molecular formula is C19H25N5O7. The fourth-order valence-electron chi connectivity index (χ4n) is 3.32. The van der Waals surface area contributed by atoms with E-state index in [1.54, 1.807) is 18.4 Å². The average molecular weight is 435 g/mol. The summed E-state index contributed by atoms with van der Waals surface area (Å²) >= 11 is 0. The van der Waals surface area contributed by atoms with Crippen molar-refractivity contribution in [2.24, 2.45) is 5.92 Å². The Balaban J connectivity index is 1.43. The Morgan fingerprint density at radius 3 is 2.81 bits per heavy atom. The summed E-state index contributed by atoms with van der Waals surface area (Å²) in [6, 6.07) is -1.00. The summed E-state index contributed by atoms with van der Waals surface area (Å²) in [6.07, 6.45) is 3.03. The topological polar surface area (TPSA) is 165 Å². The number of fused-ring (bicyclic) bond motifs is 1. The number of carbonyl (C=O) groups excluding carboxylic acids is 2. The average Bonchev–Trinajstić information content (AvgIpc) is 3.35. The zero-order chi connectivity index (χ0) is 22.5. The van der Waals surface area contributed by atoms with Gasteiger partial charge in [0.1, 0.15) is 18.9 Å². The number of carboxylic acids is 1. The van der Waals surface area contributed by atoms with Crippen LogP contribution in [0, 0.1) is 5.92 Å². The normalized spacial score (nSPS) is 19.5. The van der Waals surface area contributed by atoms with E-state index in [2.05, 4.69) is 20.3 Å². The molecule has 3 atom stereocenters. The minimum Gasteiger partial charge on any atom is -0.480 e. The van der Waals surface area contributed by atoms with E-state index in [-0.39, 0.29) is 48.8 Å². The molecule has 12 heteroatoms. The number of aromatic nitrogens is 4. The lowest BCUT2D eigenvalue weighted by molar-refractivity contribution is -0.149. The second kappa shape index (κ2) is 9.69. The van der Waals surface area contributed by atoms with E-state index in [1.807, 2.05) is 0 Å². The lowest BCUT2D eigenvalue weighted by Crippen LogP contribution is -2.44. The first-order valence-corrected chi connectivity index (χ1v) is 9.99. The molecule has 0 aromatic carbocycles. The Labute approximate surface area is 177 Å². The second-order valence-electron chi connectivity index (χ2n) is 7.66. The molecule has 31 heavy (non-hydrogen) atoms. The van der Waals surface area contributed by atoms with Gasteiger partial charge < -0.3 is 24.9 Å². The summed E-state index contributed by atoms with van der Waals surface area (Å²) in [5.74, 6) is -2.49. The molecule has 0 unspecified atom stereocenters. The van der Waals surface area contributed by atoms with Crippen molar-refractivity contribution < 1.29 is 29.0 Å². The molecular weight excluding hydrogens is 410 g/mol. The number of carboxylic acid groups (broad SMARTS) is 1. The number of carbonyl (C=O) groups is 3. The summed E-state index contributed by atoms with van der Waals surface area (Å²) in [7, 11) is 0. The third-order valence-corrected chi connectivity index (χ3v) is 5.00. The van der Waals surface area contributed by atoms with Crippen LogP contribution < -0.4 is 10.9 Å². The summed E-state index contributed by atoms with van der Waals surface area (Å²) in [4.78, 5) is 57.4. The van der Waals surface area contributed by atoms with Crippen molar-refractivity contribution in [1.82, 2.24) is 24.8 Å². The SMILES string of the molecule is CC(C)[C@H](NC(=O)CCC(=O)OC[C@@H]1CC[C@H](n2cnc3c(=O)[nH]cnc32)O1)C(=O)O. The minimum atomic E-state index is -1.12. The lowest BCUT2D eigenvalue weighted by Gasteiger charge is -2.18. The van der Waals surface area contributed by atoms with Gasteiger partial charge in [0.2, 0.25) is 5.91 Å². The Kier molecular flexibility index (Phi) is 7.00. The van der Waals surface area contributed by atoms with Crippen LogP contribution in [0.4, 0.5) is 0 Å². The van der Waals surface area contributed by atoms with Gasteiger partial charge in [0.25, 0.3) is 5.56 Å². The van der Waals surface area contributed by atoms with E-state index >= 15 is 0 Å². The van der Waals surface area contributed by atoms with Gasteiger partial charge in [-0.1, -0.05) is 13.8 Å². The standard InChI is InChI=1S/C19H25N5O7/c1-10(2)15(19(28)29)23-12(25)4-6-14(26)30-7-11-3-5-13(31-11)24-9-22-16-17(24)20-8-21-18(16)27/h8-11,13,15H,3-7H2,1-2H3,(H,23,25)(H,28,29)(H,20,21,27)/t11-,13+,15-/m0/s1. The summed E-state index contributed by atoms with van der Waals surface area (Å²) in [5.41, 5.74) is 0.305. The Morgan fingerprint density at radius 1 is 1.32 bits per heavy atom. The number of rotatable bonds is 9. The molecule has 0 radical (unpaired) electrons. The summed E-state index contributed by atoms with van der Waals surface area (Å²) < 4.78 is 12.7. The molecule has 3 rings (SSSR count). The molecule has 0 saturated carbocycles. The monoisotopic (exact) mass is 435 g/mol. The smallest absolute Gasteiger partial charge is 0.326 e. The van der Waals surface area contributed by atoms with Crippen molar-refractivity contribution in [3.8, 4) is 0 Å². The van der Waals surface area contributed by atoms with Gasteiger partial charge in [0.05, 0.1) is 25.2 Å². The number of esters is 1. The molecule has 1 aliphatic rings. The van der Waals surface area contributed by atoms with Gasteiger partial charge in [-0.15, -0.1) is 0 Å². The fourth-order valence-corrected chi connectivity index (χ4v) is 3.32. The van der Waals surface area contributed by atoms with Crippen molar-refractivity contribution in [3.05, 3.63) is 23.0 Å². The van der Waals surface area contributed by atoms with Crippen molar-refractivity contribution in [2.45, 2.75) is 57.9 Å². The van der Waals surface area contributed by atoms with E-state index in [4.69, 9.17) is 14.6 Å². The number of aliphatic carboxylic acids is 1. The summed E-state index contributed by atoms with van der Waals surface area (Å²) in [6.45, 7) is 3.40. The number of nitrogens with one attached hydrogen (secondary N) is 2. The maximum absolute atomic E-state index is 11.9. The van der Waals surface area contributed by atoms with Gasteiger partial charge in [-0.05, 0) is 18.8 Å². The van der Waals surface area contributed by atoms with Crippen LogP contribution in [0.2, 0.25) is 0 Å². The molecule has 0 spiro atoms. The zero-order valence-electron chi connectivity index (χ0n) is 17.2. The van der Waals surface area contributed by atoms with Crippen molar-refractivity contribution in [3.63, 3.8) is 0 Å². The molecule has 2 aromatic heterocycles. The third-order valence-electron chi connectivity index (χ3n) is 5.00.